The van der Waals surface area contributed by atoms with Gasteiger partial charge in [-0.3, -0.25) is 4.79 Å². The summed E-state index contributed by atoms with van der Waals surface area (Å²) in [6, 6.07) is 16.5. The third kappa shape index (κ3) is 5.35. The molecule has 0 saturated carbocycles. The van der Waals surface area contributed by atoms with Crippen molar-refractivity contribution in [2.75, 3.05) is 20.3 Å². The molecule has 10 heteroatoms. The van der Waals surface area contributed by atoms with Crippen LogP contribution in [0.3, 0.4) is 0 Å². The third-order valence-corrected chi connectivity index (χ3v) is 4.70. The van der Waals surface area contributed by atoms with Gasteiger partial charge in [0.25, 0.3) is 5.91 Å². The van der Waals surface area contributed by atoms with E-state index in [1.807, 2.05) is 24.3 Å². The smallest absolute Gasteiger partial charge is 0.260 e. The number of amides is 1. The summed E-state index contributed by atoms with van der Waals surface area (Å²) < 4.78 is 31.2. The first-order valence-corrected chi connectivity index (χ1v) is 10.2. The van der Waals surface area contributed by atoms with Gasteiger partial charge >= 0.3 is 0 Å². The first-order chi connectivity index (χ1) is 16.0. The SMILES string of the molecule is COc1cccc(-c2nnc3ccc(OCCNC(=O)C(C)Oc4cccc(F)c4)nn23)c1. The Hall–Kier alpha value is -4.21. The van der Waals surface area contributed by atoms with Gasteiger partial charge in [0, 0.05) is 17.7 Å². The lowest BCUT2D eigenvalue weighted by molar-refractivity contribution is -0.127. The standard InChI is InChI=1S/C23H22FN5O4/c1-15(33-19-8-4-6-17(24)14-19)23(30)25-11-12-32-21-10-9-20-26-27-22(29(20)28-21)16-5-3-7-18(13-16)31-2/h3-10,13-15H,11-12H2,1-2H3,(H,25,30). The average molecular weight is 451 g/mol. The number of ether oxygens (including phenoxy) is 3. The van der Waals surface area contributed by atoms with E-state index in [4.69, 9.17) is 14.2 Å². The first kappa shape index (κ1) is 22.0. The number of hydrogen-bond acceptors (Lipinski definition) is 7. The molecule has 0 aliphatic rings. The summed E-state index contributed by atoms with van der Waals surface area (Å²) in [4.78, 5) is 12.2. The number of hydrogen-bond donors (Lipinski definition) is 1. The molecule has 170 valence electrons. The molecule has 0 spiro atoms. The maximum Gasteiger partial charge on any atom is 0.260 e. The van der Waals surface area contributed by atoms with Gasteiger partial charge in [0.15, 0.2) is 17.6 Å². The van der Waals surface area contributed by atoms with Crippen LogP contribution in [-0.4, -0.2) is 52.1 Å². The molecule has 2 aromatic heterocycles. The highest BCUT2D eigenvalue weighted by Crippen LogP contribution is 2.23. The van der Waals surface area contributed by atoms with Crippen LogP contribution in [0.25, 0.3) is 17.0 Å². The number of carbonyl (C=O) groups is 1. The Balaban J connectivity index is 1.33. The van der Waals surface area contributed by atoms with Crippen molar-refractivity contribution in [1.82, 2.24) is 25.1 Å². The van der Waals surface area contributed by atoms with Crippen molar-refractivity contribution in [3.05, 3.63) is 66.5 Å². The molecule has 9 nitrogen and oxygen atoms in total. The van der Waals surface area contributed by atoms with E-state index in [1.54, 1.807) is 36.7 Å². The van der Waals surface area contributed by atoms with Crippen molar-refractivity contribution in [3.63, 3.8) is 0 Å². The Morgan fingerprint density at radius 1 is 1.09 bits per heavy atom. The van der Waals surface area contributed by atoms with Crippen LogP contribution in [0.2, 0.25) is 0 Å². The number of benzene rings is 2. The van der Waals surface area contributed by atoms with E-state index in [9.17, 15) is 9.18 Å². The highest BCUT2D eigenvalue weighted by atomic mass is 19.1. The molecule has 2 heterocycles. The maximum absolute atomic E-state index is 13.2. The predicted molar refractivity (Wildman–Crippen MR) is 118 cm³/mol. The summed E-state index contributed by atoms with van der Waals surface area (Å²) >= 11 is 0. The lowest BCUT2D eigenvalue weighted by Crippen LogP contribution is -2.38. The molecule has 4 aromatic rings. The van der Waals surface area contributed by atoms with Crippen molar-refractivity contribution in [3.8, 4) is 28.8 Å². The number of nitrogens with one attached hydrogen (secondary N) is 1. The molecule has 4 rings (SSSR count). The number of halogens is 1. The van der Waals surface area contributed by atoms with Gasteiger partial charge in [-0.05, 0) is 37.3 Å². The molecule has 33 heavy (non-hydrogen) atoms. The molecule has 2 aromatic carbocycles. The molecular weight excluding hydrogens is 429 g/mol. The van der Waals surface area contributed by atoms with Gasteiger partial charge in [0.1, 0.15) is 23.9 Å². The first-order valence-electron chi connectivity index (χ1n) is 10.2. The van der Waals surface area contributed by atoms with Crippen molar-refractivity contribution in [2.45, 2.75) is 13.0 Å². The fourth-order valence-electron chi connectivity index (χ4n) is 3.06. The van der Waals surface area contributed by atoms with E-state index in [0.29, 0.717) is 23.1 Å². The van der Waals surface area contributed by atoms with E-state index in [2.05, 4.69) is 20.6 Å². The molecule has 0 radical (unpaired) electrons. The van der Waals surface area contributed by atoms with Gasteiger partial charge < -0.3 is 19.5 Å². The van der Waals surface area contributed by atoms with Crippen molar-refractivity contribution in [2.24, 2.45) is 0 Å². The normalized spacial score (nSPS) is 11.7. The van der Waals surface area contributed by atoms with Crippen LogP contribution < -0.4 is 19.5 Å². The molecule has 1 N–H and O–H groups in total. The predicted octanol–water partition coefficient (Wildman–Crippen LogP) is 2.90. The van der Waals surface area contributed by atoms with Gasteiger partial charge in [-0.15, -0.1) is 15.3 Å². The minimum atomic E-state index is -0.788. The topological polar surface area (TPSA) is 99.9 Å². The number of fused-ring (bicyclic) bond motifs is 1. The van der Waals surface area contributed by atoms with Crippen LogP contribution in [-0.2, 0) is 4.79 Å². The molecule has 0 saturated heterocycles. The number of methoxy groups -OCH3 is 1. The Kier molecular flexibility index (Phi) is 6.63. The van der Waals surface area contributed by atoms with Crippen molar-refractivity contribution in [1.29, 1.82) is 0 Å². The second kappa shape index (κ2) is 9.94. The zero-order valence-electron chi connectivity index (χ0n) is 18.1. The number of carbonyl (C=O) groups excluding carboxylic acids is 1. The maximum atomic E-state index is 13.2. The Labute approximate surface area is 189 Å². The highest BCUT2D eigenvalue weighted by molar-refractivity contribution is 5.80. The van der Waals surface area contributed by atoms with E-state index in [-0.39, 0.29) is 24.8 Å². The summed E-state index contributed by atoms with van der Waals surface area (Å²) in [6.45, 7) is 2.01. The number of nitrogens with zero attached hydrogens (tertiary/aromatic N) is 4. The fraction of sp³-hybridized carbons (Fsp3) is 0.217. The van der Waals surface area contributed by atoms with Crippen LogP contribution in [0.15, 0.2) is 60.7 Å². The van der Waals surface area contributed by atoms with Crippen LogP contribution in [0.1, 0.15) is 6.92 Å². The largest absolute Gasteiger partial charge is 0.497 e. The minimum absolute atomic E-state index is 0.188. The van der Waals surface area contributed by atoms with Crippen LogP contribution in [0.5, 0.6) is 17.4 Å². The minimum Gasteiger partial charge on any atom is -0.497 e. The zero-order chi connectivity index (χ0) is 23.2. The zero-order valence-corrected chi connectivity index (χ0v) is 18.1. The van der Waals surface area contributed by atoms with Gasteiger partial charge in [0.05, 0.1) is 13.7 Å². The monoisotopic (exact) mass is 451 g/mol. The summed E-state index contributed by atoms with van der Waals surface area (Å²) in [6.07, 6.45) is -0.788. The van der Waals surface area contributed by atoms with Gasteiger partial charge in [0.2, 0.25) is 5.88 Å². The second-order valence-electron chi connectivity index (χ2n) is 7.05. The molecule has 0 bridgehead atoms. The van der Waals surface area contributed by atoms with E-state index >= 15 is 0 Å². The third-order valence-electron chi connectivity index (χ3n) is 4.70. The molecular formula is C23H22FN5O4. The lowest BCUT2D eigenvalue weighted by Gasteiger charge is -2.15. The van der Waals surface area contributed by atoms with Gasteiger partial charge in [-0.25, -0.2) is 4.39 Å². The van der Waals surface area contributed by atoms with Crippen LogP contribution in [0.4, 0.5) is 4.39 Å². The highest BCUT2D eigenvalue weighted by Gasteiger charge is 2.15. The van der Waals surface area contributed by atoms with E-state index in [1.165, 1.54) is 18.2 Å². The number of rotatable bonds is 9. The van der Waals surface area contributed by atoms with E-state index in [0.717, 1.165) is 5.56 Å². The molecule has 0 aliphatic carbocycles. The Morgan fingerprint density at radius 3 is 2.73 bits per heavy atom. The van der Waals surface area contributed by atoms with Crippen LogP contribution >= 0.6 is 0 Å². The summed E-state index contributed by atoms with van der Waals surface area (Å²) in [5.74, 6) is 1.11. The molecule has 1 amide bonds. The molecule has 1 unspecified atom stereocenters. The van der Waals surface area contributed by atoms with Crippen molar-refractivity contribution >= 4 is 11.6 Å². The number of aromatic nitrogens is 4. The summed E-state index contributed by atoms with van der Waals surface area (Å²) in [5.41, 5.74) is 1.36. The second-order valence-corrected chi connectivity index (χ2v) is 7.05. The molecule has 0 aliphatic heterocycles. The lowest BCUT2D eigenvalue weighted by atomic mass is 10.2. The average Bonchev–Trinajstić information content (AvgIpc) is 3.25. The van der Waals surface area contributed by atoms with Gasteiger partial charge in [-0.2, -0.15) is 4.52 Å². The van der Waals surface area contributed by atoms with Crippen LogP contribution in [0, 0.1) is 5.82 Å². The van der Waals surface area contributed by atoms with E-state index < -0.39 is 11.9 Å². The fourth-order valence-corrected chi connectivity index (χ4v) is 3.06. The Morgan fingerprint density at radius 2 is 1.91 bits per heavy atom. The quantitative estimate of drug-likeness (QED) is 0.391. The van der Waals surface area contributed by atoms with Crippen molar-refractivity contribution < 1.29 is 23.4 Å². The molecule has 1 atom stereocenters. The van der Waals surface area contributed by atoms with Gasteiger partial charge in [-0.1, -0.05) is 18.2 Å². The summed E-state index contributed by atoms with van der Waals surface area (Å²) in [5, 5.41) is 15.5. The molecule has 0 fully saturated rings. The Bertz CT molecular complexity index is 1260. The summed E-state index contributed by atoms with van der Waals surface area (Å²) in [7, 11) is 1.60.